The van der Waals surface area contributed by atoms with Gasteiger partial charge < -0.3 is 4.57 Å². The van der Waals surface area contributed by atoms with E-state index in [2.05, 4.69) is 38.7 Å². The van der Waals surface area contributed by atoms with Gasteiger partial charge in [0.2, 0.25) is 0 Å². The highest BCUT2D eigenvalue weighted by Crippen LogP contribution is 2.35. The number of hydrogen-bond acceptors (Lipinski definition) is 1. The highest BCUT2D eigenvalue weighted by atomic mass is 79.9. The van der Waals surface area contributed by atoms with Crippen LogP contribution < -0.4 is 0 Å². The van der Waals surface area contributed by atoms with Crippen molar-refractivity contribution in [2.24, 2.45) is 0 Å². The first-order valence-electron chi connectivity index (χ1n) is 7.48. The second-order valence-electron chi connectivity index (χ2n) is 5.73. The van der Waals surface area contributed by atoms with E-state index in [1.807, 2.05) is 6.92 Å². The fourth-order valence-corrected chi connectivity index (χ4v) is 3.77. The lowest BCUT2D eigenvalue weighted by molar-refractivity contribution is 0.440. The lowest BCUT2D eigenvalue weighted by Crippen LogP contribution is -2.12. The van der Waals surface area contributed by atoms with E-state index < -0.39 is 0 Å². The van der Waals surface area contributed by atoms with Gasteiger partial charge in [-0.15, -0.1) is 11.6 Å². The van der Waals surface area contributed by atoms with Gasteiger partial charge in [-0.25, -0.2) is 4.98 Å². The van der Waals surface area contributed by atoms with Gasteiger partial charge in [0.05, 0.1) is 16.4 Å². The van der Waals surface area contributed by atoms with E-state index in [-0.39, 0.29) is 5.38 Å². The number of benzene rings is 1. The molecule has 1 aliphatic carbocycles. The van der Waals surface area contributed by atoms with E-state index in [0.717, 1.165) is 15.8 Å². The van der Waals surface area contributed by atoms with Gasteiger partial charge in [-0.3, -0.25) is 0 Å². The average molecular weight is 356 g/mol. The zero-order chi connectivity index (χ0) is 14.1. The summed E-state index contributed by atoms with van der Waals surface area (Å²) in [4.78, 5) is 4.77. The zero-order valence-corrected chi connectivity index (χ0v) is 14.1. The second kappa shape index (κ2) is 6.07. The number of imidazole rings is 1. The maximum Gasteiger partial charge on any atom is 0.127 e. The Hall–Kier alpha value is -0.540. The van der Waals surface area contributed by atoms with Crippen molar-refractivity contribution >= 4 is 38.6 Å². The number of fused-ring (bicyclic) bond motifs is 1. The van der Waals surface area contributed by atoms with Crippen LogP contribution in [0.15, 0.2) is 22.7 Å². The first kappa shape index (κ1) is 14.4. The standard InChI is InChI=1S/C16H20BrClN2/c1-11(18)16-19-14-9-8-12(17)10-15(14)20(16)13-6-4-2-3-5-7-13/h8-11,13H,2-7H2,1H3. The minimum absolute atomic E-state index is 0.0515. The summed E-state index contributed by atoms with van der Waals surface area (Å²) in [6.45, 7) is 2.02. The maximum atomic E-state index is 6.38. The van der Waals surface area contributed by atoms with E-state index in [4.69, 9.17) is 16.6 Å². The monoisotopic (exact) mass is 354 g/mol. The second-order valence-corrected chi connectivity index (χ2v) is 7.30. The third kappa shape index (κ3) is 2.75. The zero-order valence-electron chi connectivity index (χ0n) is 11.8. The van der Waals surface area contributed by atoms with Crippen LogP contribution in [-0.4, -0.2) is 9.55 Å². The number of halogens is 2. The van der Waals surface area contributed by atoms with Crippen molar-refractivity contribution in [3.8, 4) is 0 Å². The van der Waals surface area contributed by atoms with Crippen molar-refractivity contribution in [2.75, 3.05) is 0 Å². The molecule has 1 saturated carbocycles. The van der Waals surface area contributed by atoms with E-state index in [0.29, 0.717) is 6.04 Å². The molecular weight excluding hydrogens is 336 g/mol. The summed E-state index contributed by atoms with van der Waals surface area (Å²) in [7, 11) is 0. The van der Waals surface area contributed by atoms with Crippen LogP contribution in [0.2, 0.25) is 0 Å². The van der Waals surface area contributed by atoms with Gasteiger partial charge in [-0.2, -0.15) is 0 Å². The molecule has 0 spiro atoms. The maximum absolute atomic E-state index is 6.38. The fraction of sp³-hybridized carbons (Fsp3) is 0.562. The number of rotatable bonds is 2. The first-order valence-corrected chi connectivity index (χ1v) is 8.71. The van der Waals surface area contributed by atoms with Crippen LogP contribution in [0.1, 0.15) is 62.7 Å². The van der Waals surface area contributed by atoms with Gasteiger partial charge >= 0.3 is 0 Å². The molecule has 0 radical (unpaired) electrons. The van der Waals surface area contributed by atoms with Gasteiger partial charge in [0.1, 0.15) is 5.82 Å². The lowest BCUT2D eigenvalue weighted by atomic mass is 10.1. The van der Waals surface area contributed by atoms with Crippen molar-refractivity contribution in [1.82, 2.24) is 9.55 Å². The fourth-order valence-electron chi connectivity index (χ4n) is 3.27. The Bertz CT molecular complexity index is 598. The Labute approximate surface area is 133 Å². The van der Waals surface area contributed by atoms with Crippen LogP contribution in [0.3, 0.4) is 0 Å². The van der Waals surface area contributed by atoms with Crippen LogP contribution in [0, 0.1) is 0 Å². The molecule has 1 aromatic heterocycles. The summed E-state index contributed by atoms with van der Waals surface area (Å²) in [5.74, 6) is 1.02. The largest absolute Gasteiger partial charge is 0.324 e. The molecule has 1 aromatic carbocycles. The Kier molecular flexibility index (Phi) is 4.37. The SMILES string of the molecule is CC(Cl)c1nc2ccc(Br)cc2n1C1CCCCCC1. The Morgan fingerprint density at radius 3 is 2.60 bits per heavy atom. The summed E-state index contributed by atoms with van der Waals surface area (Å²) < 4.78 is 3.51. The van der Waals surface area contributed by atoms with Gasteiger partial charge in [-0.1, -0.05) is 41.6 Å². The molecule has 0 amide bonds. The molecule has 0 aliphatic heterocycles. The Morgan fingerprint density at radius 1 is 1.25 bits per heavy atom. The van der Waals surface area contributed by atoms with Crippen LogP contribution in [-0.2, 0) is 0 Å². The molecule has 2 nitrogen and oxygen atoms in total. The van der Waals surface area contributed by atoms with Crippen molar-refractivity contribution in [3.05, 3.63) is 28.5 Å². The molecule has 0 N–H and O–H groups in total. The molecule has 0 bridgehead atoms. The van der Waals surface area contributed by atoms with Crippen LogP contribution in [0.5, 0.6) is 0 Å². The quantitative estimate of drug-likeness (QED) is 0.477. The van der Waals surface area contributed by atoms with Crippen molar-refractivity contribution in [3.63, 3.8) is 0 Å². The topological polar surface area (TPSA) is 17.8 Å². The number of nitrogens with zero attached hydrogens (tertiary/aromatic N) is 2. The Balaban J connectivity index is 2.14. The van der Waals surface area contributed by atoms with Crippen LogP contribution in [0.4, 0.5) is 0 Å². The highest BCUT2D eigenvalue weighted by molar-refractivity contribution is 9.10. The molecule has 1 unspecified atom stereocenters. The van der Waals surface area contributed by atoms with E-state index in [9.17, 15) is 0 Å². The molecule has 3 rings (SSSR count). The predicted octanol–water partition coefficient (Wildman–Crippen LogP) is 5.99. The molecule has 1 aliphatic rings. The molecule has 0 saturated heterocycles. The summed E-state index contributed by atoms with van der Waals surface area (Å²) in [6, 6.07) is 6.86. The number of hydrogen-bond donors (Lipinski definition) is 0. The number of aromatic nitrogens is 2. The Morgan fingerprint density at radius 2 is 1.95 bits per heavy atom. The summed E-state index contributed by atoms with van der Waals surface area (Å²) in [5.41, 5.74) is 2.27. The average Bonchev–Trinajstić information content (AvgIpc) is 2.60. The summed E-state index contributed by atoms with van der Waals surface area (Å²) >= 11 is 9.96. The molecule has 4 heteroatoms. The minimum atomic E-state index is -0.0515. The van der Waals surface area contributed by atoms with Gasteiger partial charge in [-0.05, 0) is 38.0 Å². The van der Waals surface area contributed by atoms with Gasteiger partial charge in [0, 0.05) is 10.5 Å². The molecule has 1 fully saturated rings. The predicted molar refractivity (Wildman–Crippen MR) is 88.4 cm³/mol. The molecule has 108 valence electrons. The van der Waals surface area contributed by atoms with Gasteiger partial charge in [0.25, 0.3) is 0 Å². The molecular formula is C16H20BrClN2. The van der Waals surface area contributed by atoms with Crippen molar-refractivity contribution in [1.29, 1.82) is 0 Å². The van der Waals surface area contributed by atoms with Crippen molar-refractivity contribution in [2.45, 2.75) is 56.9 Å². The third-order valence-electron chi connectivity index (χ3n) is 4.22. The smallest absolute Gasteiger partial charge is 0.127 e. The van der Waals surface area contributed by atoms with Gasteiger partial charge in [0.15, 0.2) is 0 Å². The summed E-state index contributed by atoms with van der Waals surface area (Å²) in [5, 5.41) is -0.0515. The normalized spacial score (nSPS) is 19.1. The first-order chi connectivity index (χ1) is 9.66. The van der Waals surface area contributed by atoms with Crippen LogP contribution >= 0.6 is 27.5 Å². The summed E-state index contributed by atoms with van der Waals surface area (Å²) in [6.07, 6.45) is 7.84. The third-order valence-corrected chi connectivity index (χ3v) is 4.91. The van der Waals surface area contributed by atoms with Crippen LogP contribution in [0.25, 0.3) is 11.0 Å². The number of alkyl halides is 1. The highest BCUT2D eigenvalue weighted by Gasteiger charge is 2.22. The van der Waals surface area contributed by atoms with Crippen molar-refractivity contribution < 1.29 is 0 Å². The van der Waals surface area contributed by atoms with E-state index in [1.165, 1.54) is 44.0 Å². The van der Waals surface area contributed by atoms with E-state index in [1.54, 1.807) is 0 Å². The molecule has 1 heterocycles. The lowest BCUT2D eigenvalue weighted by Gasteiger charge is -2.21. The molecule has 2 aromatic rings. The minimum Gasteiger partial charge on any atom is -0.324 e. The van der Waals surface area contributed by atoms with E-state index >= 15 is 0 Å². The molecule has 1 atom stereocenters. The molecule has 20 heavy (non-hydrogen) atoms.